The van der Waals surface area contributed by atoms with Crippen LogP contribution in [0.3, 0.4) is 0 Å². The summed E-state index contributed by atoms with van der Waals surface area (Å²) in [4.78, 5) is 22.5. The van der Waals surface area contributed by atoms with E-state index in [1.165, 1.54) is 56.5 Å². The quantitative estimate of drug-likeness (QED) is 0.774. The van der Waals surface area contributed by atoms with E-state index in [0.717, 1.165) is 0 Å². The van der Waals surface area contributed by atoms with Gasteiger partial charge in [-0.2, -0.15) is 0 Å². The zero-order valence-corrected chi connectivity index (χ0v) is 14.9. The molecule has 2 aromatic carbocycles. The monoisotopic (exact) mass is 382 g/mol. The lowest BCUT2D eigenvalue weighted by Gasteiger charge is -2.11. The molecular formula is C16H15ClN2O5S. The van der Waals surface area contributed by atoms with Crippen LogP contribution in [0.2, 0.25) is 5.02 Å². The fourth-order valence-corrected chi connectivity index (χ4v) is 3.26. The first kappa shape index (κ1) is 18.8. The number of halogens is 1. The van der Waals surface area contributed by atoms with Gasteiger partial charge in [-0.15, -0.1) is 0 Å². The largest absolute Gasteiger partial charge is 0.465 e. The molecule has 0 heterocycles. The highest BCUT2D eigenvalue weighted by Crippen LogP contribution is 2.26. The third-order valence-electron chi connectivity index (χ3n) is 3.12. The highest BCUT2D eigenvalue weighted by Gasteiger charge is 2.17. The molecule has 2 N–H and O–H groups in total. The second kappa shape index (κ2) is 7.54. The number of nitrogens with one attached hydrogen (secondary N) is 2. The minimum Gasteiger partial charge on any atom is -0.465 e. The third kappa shape index (κ3) is 4.71. The molecule has 9 heteroatoms. The van der Waals surface area contributed by atoms with Crippen LogP contribution in [0.1, 0.15) is 17.3 Å². The van der Waals surface area contributed by atoms with Gasteiger partial charge in [-0.3, -0.25) is 9.52 Å². The van der Waals surface area contributed by atoms with E-state index in [1.54, 1.807) is 0 Å². The van der Waals surface area contributed by atoms with Crippen molar-refractivity contribution in [3.8, 4) is 0 Å². The van der Waals surface area contributed by atoms with Crippen molar-refractivity contribution in [2.75, 3.05) is 17.1 Å². The van der Waals surface area contributed by atoms with Crippen molar-refractivity contribution in [2.45, 2.75) is 11.8 Å². The first-order chi connectivity index (χ1) is 11.7. The number of ether oxygens (including phenoxy) is 1. The van der Waals surface area contributed by atoms with Crippen LogP contribution in [-0.2, 0) is 19.6 Å². The van der Waals surface area contributed by atoms with E-state index < -0.39 is 16.0 Å². The maximum absolute atomic E-state index is 12.5. The van der Waals surface area contributed by atoms with Gasteiger partial charge in [0.15, 0.2) is 0 Å². The van der Waals surface area contributed by atoms with E-state index in [0.29, 0.717) is 5.69 Å². The number of hydrogen-bond donors (Lipinski definition) is 2. The van der Waals surface area contributed by atoms with Crippen LogP contribution in [0.25, 0.3) is 0 Å². The molecule has 0 spiro atoms. The normalized spacial score (nSPS) is 10.8. The summed E-state index contributed by atoms with van der Waals surface area (Å²) in [6.45, 7) is 1.35. The molecule has 25 heavy (non-hydrogen) atoms. The van der Waals surface area contributed by atoms with Gasteiger partial charge in [0, 0.05) is 12.6 Å². The molecule has 0 aliphatic heterocycles. The summed E-state index contributed by atoms with van der Waals surface area (Å²) < 4.78 is 31.9. The average Bonchev–Trinajstić information content (AvgIpc) is 2.56. The number of carbonyl (C=O) groups excluding carboxylic acids is 2. The van der Waals surface area contributed by atoms with Crippen LogP contribution in [0.4, 0.5) is 11.4 Å². The Kier molecular flexibility index (Phi) is 5.66. The van der Waals surface area contributed by atoms with Crippen LogP contribution < -0.4 is 10.0 Å². The van der Waals surface area contributed by atoms with E-state index in [4.69, 9.17) is 11.6 Å². The molecule has 0 atom stereocenters. The number of esters is 1. The fourth-order valence-electron chi connectivity index (χ4n) is 1.97. The molecule has 132 valence electrons. The van der Waals surface area contributed by atoms with Gasteiger partial charge in [-0.1, -0.05) is 11.6 Å². The Morgan fingerprint density at radius 2 is 1.72 bits per heavy atom. The maximum atomic E-state index is 12.5. The van der Waals surface area contributed by atoms with E-state index >= 15 is 0 Å². The molecule has 0 saturated carbocycles. The predicted molar refractivity (Wildman–Crippen MR) is 94.3 cm³/mol. The zero-order chi connectivity index (χ0) is 18.6. The molecule has 0 radical (unpaired) electrons. The standard InChI is InChI=1S/C16H15ClN2O5S/c1-10(20)18-12-4-6-13(7-5-12)25(22,23)19-15-9-11(16(21)24-2)3-8-14(15)17/h3-9,19H,1-2H3,(H,18,20). The van der Waals surface area contributed by atoms with Gasteiger partial charge < -0.3 is 10.1 Å². The SMILES string of the molecule is COC(=O)c1ccc(Cl)c(NS(=O)(=O)c2ccc(NC(C)=O)cc2)c1. The minimum atomic E-state index is -3.93. The summed E-state index contributed by atoms with van der Waals surface area (Å²) >= 11 is 5.99. The Morgan fingerprint density at radius 3 is 2.28 bits per heavy atom. The summed E-state index contributed by atoms with van der Waals surface area (Å²) in [6, 6.07) is 9.71. The van der Waals surface area contributed by atoms with Crippen LogP contribution in [0.15, 0.2) is 47.4 Å². The number of anilines is 2. The maximum Gasteiger partial charge on any atom is 0.337 e. The highest BCUT2D eigenvalue weighted by molar-refractivity contribution is 7.92. The Hall–Kier alpha value is -2.58. The lowest BCUT2D eigenvalue weighted by atomic mass is 10.2. The third-order valence-corrected chi connectivity index (χ3v) is 4.83. The molecule has 0 unspecified atom stereocenters. The molecule has 0 saturated heterocycles. The molecular weight excluding hydrogens is 368 g/mol. The molecule has 0 aliphatic rings. The lowest BCUT2D eigenvalue weighted by molar-refractivity contribution is -0.114. The van der Waals surface area contributed by atoms with E-state index in [-0.39, 0.29) is 27.1 Å². The van der Waals surface area contributed by atoms with Gasteiger partial charge in [0.1, 0.15) is 0 Å². The van der Waals surface area contributed by atoms with E-state index in [1.807, 2.05) is 0 Å². The van der Waals surface area contributed by atoms with Crippen molar-refractivity contribution in [1.29, 1.82) is 0 Å². The average molecular weight is 383 g/mol. The van der Waals surface area contributed by atoms with Gasteiger partial charge in [0.25, 0.3) is 10.0 Å². The van der Waals surface area contributed by atoms with E-state index in [2.05, 4.69) is 14.8 Å². The summed E-state index contributed by atoms with van der Waals surface area (Å²) in [5.41, 5.74) is 0.679. The van der Waals surface area contributed by atoms with Crippen LogP contribution in [0, 0.1) is 0 Å². The minimum absolute atomic E-state index is 0.0267. The molecule has 1 amide bonds. The van der Waals surface area contributed by atoms with Crippen LogP contribution >= 0.6 is 11.6 Å². The van der Waals surface area contributed by atoms with Crippen molar-refractivity contribution >= 4 is 44.9 Å². The van der Waals surface area contributed by atoms with Crippen LogP contribution in [0.5, 0.6) is 0 Å². The molecule has 0 fully saturated rings. The fraction of sp³-hybridized carbons (Fsp3) is 0.125. The summed E-state index contributed by atoms with van der Waals surface area (Å²) in [7, 11) is -2.71. The summed E-state index contributed by atoms with van der Waals surface area (Å²) in [6.07, 6.45) is 0. The highest BCUT2D eigenvalue weighted by atomic mass is 35.5. The number of amides is 1. The predicted octanol–water partition coefficient (Wildman–Crippen LogP) is 2.89. The Morgan fingerprint density at radius 1 is 1.08 bits per heavy atom. The smallest absolute Gasteiger partial charge is 0.337 e. The van der Waals surface area contributed by atoms with Gasteiger partial charge in [0.2, 0.25) is 5.91 Å². The first-order valence-corrected chi connectivity index (χ1v) is 8.87. The van der Waals surface area contributed by atoms with Gasteiger partial charge in [-0.05, 0) is 42.5 Å². The Bertz CT molecular complexity index is 911. The van der Waals surface area contributed by atoms with Crippen molar-refractivity contribution in [3.63, 3.8) is 0 Å². The number of benzene rings is 2. The molecule has 7 nitrogen and oxygen atoms in total. The zero-order valence-electron chi connectivity index (χ0n) is 13.4. The van der Waals surface area contributed by atoms with Crippen molar-refractivity contribution in [2.24, 2.45) is 0 Å². The Labute approximate surface area is 150 Å². The number of methoxy groups -OCH3 is 1. The number of rotatable bonds is 5. The molecule has 2 rings (SSSR count). The number of hydrogen-bond acceptors (Lipinski definition) is 5. The molecule has 2 aromatic rings. The number of carbonyl (C=O) groups is 2. The number of sulfonamides is 1. The van der Waals surface area contributed by atoms with Crippen molar-refractivity contribution in [1.82, 2.24) is 0 Å². The van der Waals surface area contributed by atoms with Gasteiger partial charge in [-0.25, -0.2) is 13.2 Å². The van der Waals surface area contributed by atoms with Crippen molar-refractivity contribution < 1.29 is 22.7 Å². The van der Waals surface area contributed by atoms with Crippen molar-refractivity contribution in [3.05, 3.63) is 53.1 Å². The van der Waals surface area contributed by atoms with Gasteiger partial charge in [0.05, 0.1) is 28.3 Å². The Balaban J connectivity index is 2.29. The topological polar surface area (TPSA) is 102 Å². The second-order valence-electron chi connectivity index (χ2n) is 5.00. The second-order valence-corrected chi connectivity index (χ2v) is 7.09. The summed E-state index contributed by atoms with van der Waals surface area (Å²) in [5.74, 6) is -0.878. The van der Waals surface area contributed by atoms with Crippen LogP contribution in [-0.4, -0.2) is 27.4 Å². The van der Waals surface area contributed by atoms with E-state index in [9.17, 15) is 18.0 Å². The first-order valence-electron chi connectivity index (χ1n) is 7.01. The molecule has 0 aromatic heterocycles. The summed E-state index contributed by atoms with van der Waals surface area (Å²) in [5, 5.41) is 2.67. The molecule has 0 aliphatic carbocycles. The lowest BCUT2D eigenvalue weighted by Crippen LogP contribution is -2.14. The van der Waals surface area contributed by atoms with Gasteiger partial charge >= 0.3 is 5.97 Å². The molecule has 0 bridgehead atoms.